The number of hydrogen-bond donors (Lipinski definition) is 2. The molecule has 1 aromatic carbocycles. The van der Waals surface area contributed by atoms with Gasteiger partial charge in [0.25, 0.3) is 5.91 Å². The van der Waals surface area contributed by atoms with Gasteiger partial charge in [-0.15, -0.1) is 24.8 Å². The van der Waals surface area contributed by atoms with Crippen LogP contribution in [0.1, 0.15) is 16.8 Å². The fraction of sp³-hybridized carbons (Fsp3) is 0.250. The highest BCUT2D eigenvalue weighted by Gasteiger charge is 2.28. The molecule has 1 aliphatic rings. The van der Waals surface area contributed by atoms with Gasteiger partial charge in [-0.2, -0.15) is 0 Å². The maximum atomic E-state index is 13.8. The van der Waals surface area contributed by atoms with E-state index < -0.39 is 11.6 Å². The van der Waals surface area contributed by atoms with Crippen molar-refractivity contribution in [2.75, 3.05) is 23.7 Å². The van der Waals surface area contributed by atoms with Gasteiger partial charge >= 0.3 is 0 Å². The van der Waals surface area contributed by atoms with Crippen LogP contribution in [0.4, 0.5) is 20.2 Å². The number of rotatable bonds is 3. The highest BCUT2D eigenvalue weighted by Crippen LogP contribution is 2.26. The molecule has 0 spiro atoms. The van der Waals surface area contributed by atoms with Crippen molar-refractivity contribution in [2.45, 2.75) is 12.5 Å². The van der Waals surface area contributed by atoms with E-state index in [0.717, 1.165) is 0 Å². The maximum Gasteiger partial charge on any atom is 0.255 e. The summed E-state index contributed by atoms with van der Waals surface area (Å²) in [7, 11) is 0. The summed E-state index contributed by atoms with van der Waals surface area (Å²) in [4.78, 5) is 17.7. The van der Waals surface area contributed by atoms with E-state index in [0.29, 0.717) is 30.8 Å². The predicted molar refractivity (Wildman–Crippen MR) is 97.6 cm³/mol. The summed E-state index contributed by atoms with van der Waals surface area (Å²) in [6.07, 6.45) is 3.50. The Morgan fingerprint density at radius 2 is 1.92 bits per heavy atom. The molecule has 0 radical (unpaired) electrons. The van der Waals surface area contributed by atoms with Crippen molar-refractivity contribution in [2.24, 2.45) is 0 Å². The van der Waals surface area contributed by atoms with Crippen LogP contribution >= 0.6 is 24.8 Å². The van der Waals surface area contributed by atoms with Crippen molar-refractivity contribution in [3.8, 4) is 0 Å². The number of nitrogens with one attached hydrogen (secondary N) is 1. The number of carbonyl (C=O) groups excluding carboxylic acids is 1. The van der Waals surface area contributed by atoms with Crippen LogP contribution in [0.5, 0.6) is 0 Å². The van der Waals surface area contributed by atoms with Gasteiger partial charge in [-0.3, -0.25) is 9.78 Å². The molecule has 0 saturated carbocycles. The zero-order chi connectivity index (χ0) is 16.4. The number of nitrogens with two attached hydrogens (primary N) is 1. The summed E-state index contributed by atoms with van der Waals surface area (Å²) in [5.41, 5.74) is 6.33. The van der Waals surface area contributed by atoms with Gasteiger partial charge in [0.15, 0.2) is 0 Å². The van der Waals surface area contributed by atoms with Crippen LogP contribution in [0.2, 0.25) is 0 Å². The van der Waals surface area contributed by atoms with E-state index in [-0.39, 0.29) is 42.5 Å². The minimum absolute atomic E-state index is 0. The standard InChI is InChI=1S/C16H16F2N4O.2ClH/c17-12-2-1-3-13(18)15(12)22-7-5-10(9-22)21-16(23)11-8-20-6-4-14(11)19;;/h1-4,6,8,10H,5,7,9H2,(H2,19,20)(H,21,23);2*1H. The Labute approximate surface area is 156 Å². The third kappa shape index (κ3) is 4.49. The fourth-order valence-electron chi connectivity index (χ4n) is 2.73. The van der Waals surface area contributed by atoms with Crippen molar-refractivity contribution >= 4 is 42.1 Å². The van der Waals surface area contributed by atoms with Gasteiger partial charge < -0.3 is 16.0 Å². The third-order valence-electron chi connectivity index (χ3n) is 3.88. The molecule has 1 aromatic heterocycles. The number of hydrogen-bond acceptors (Lipinski definition) is 4. The molecular weight excluding hydrogens is 373 g/mol. The summed E-state index contributed by atoms with van der Waals surface area (Å²) in [6.45, 7) is 0.801. The number of halogens is 4. The van der Waals surface area contributed by atoms with E-state index in [1.807, 2.05) is 0 Å². The predicted octanol–water partition coefficient (Wildman–Crippen LogP) is 2.79. The Kier molecular flexibility index (Phi) is 7.38. The normalized spacial score (nSPS) is 15.9. The molecule has 1 saturated heterocycles. The number of aromatic nitrogens is 1. The van der Waals surface area contributed by atoms with Crippen molar-refractivity contribution in [1.29, 1.82) is 0 Å². The molecule has 1 fully saturated rings. The minimum atomic E-state index is -0.603. The smallest absolute Gasteiger partial charge is 0.255 e. The van der Waals surface area contributed by atoms with Crippen LogP contribution in [0.3, 0.4) is 0 Å². The number of anilines is 2. The fourth-order valence-corrected chi connectivity index (χ4v) is 2.73. The van der Waals surface area contributed by atoms with Crippen LogP contribution in [-0.2, 0) is 0 Å². The monoisotopic (exact) mass is 390 g/mol. The lowest BCUT2D eigenvalue weighted by Gasteiger charge is -2.20. The number of carbonyl (C=O) groups is 1. The average Bonchev–Trinajstić information content (AvgIpc) is 2.95. The molecule has 3 rings (SSSR count). The lowest BCUT2D eigenvalue weighted by molar-refractivity contribution is 0.0941. The number of benzene rings is 1. The van der Waals surface area contributed by atoms with Crippen LogP contribution in [0, 0.1) is 11.6 Å². The first kappa shape index (κ1) is 20.9. The molecule has 2 aromatic rings. The largest absolute Gasteiger partial charge is 0.398 e. The molecule has 5 nitrogen and oxygen atoms in total. The van der Waals surface area contributed by atoms with Gasteiger partial charge in [-0.25, -0.2) is 8.78 Å². The van der Waals surface area contributed by atoms with E-state index in [2.05, 4.69) is 10.3 Å². The molecule has 0 bridgehead atoms. The highest BCUT2D eigenvalue weighted by atomic mass is 35.5. The van der Waals surface area contributed by atoms with E-state index in [9.17, 15) is 13.6 Å². The van der Waals surface area contributed by atoms with Gasteiger partial charge in [0.05, 0.1) is 5.56 Å². The molecule has 9 heteroatoms. The molecule has 0 aliphatic carbocycles. The Morgan fingerprint density at radius 1 is 1.24 bits per heavy atom. The molecule has 136 valence electrons. The highest BCUT2D eigenvalue weighted by molar-refractivity contribution is 5.98. The first-order valence-electron chi connectivity index (χ1n) is 7.25. The molecule has 1 aliphatic heterocycles. The van der Waals surface area contributed by atoms with Crippen molar-refractivity contribution in [3.05, 3.63) is 53.9 Å². The van der Waals surface area contributed by atoms with E-state index in [4.69, 9.17) is 5.73 Å². The topological polar surface area (TPSA) is 71.2 Å². The van der Waals surface area contributed by atoms with Crippen LogP contribution < -0.4 is 16.0 Å². The van der Waals surface area contributed by atoms with E-state index in [1.54, 1.807) is 11.0 Å². The summed E-state index contributed by atoms with van der Waals surface area (Å²) in [5, 5.41) is 2.83. The Hall–Kier alpha value is -2.12. The summed E-state index contributed by atoms with van der Waals surface area (Å²) < 4.78 is 27.6. The second kappa shape index (κ2) is 8.82. The summed E-state index contributed by atoms with van der Waals surface area (Å²) >= 11 is 0. The first-order valence-corrected chi connectivity index (χ1v) is 7.25. The minimum Gasteiger partial charge on any atom is -0.398 e. The quantitative estimate of drug-likeness (QED) is 0.844. The zero-order valence-electron chi connectivity index (χ0n) is 13.1. The number of pyridine rings is 1. The van der Waals surface area contributed by atoms with Crippen LogP contribution in [0.25, 0.3) is 0 Å². The molecular formula is C16H18Cl2F2N4O. The number of nitrogens with zero attached hydrogens (tertiary/aromatic N) is 2. The first-order chi connectivity index (χ1) is 11.1. The SMILES string of the molecule is Cl.Cl.Nc1ccncc1C(=O)NC1CCN(c2c(F)cccc2F)C1. The lowest BCUT2D eigenvalue weighted by atomic mass is 10.2. The zero-order valence-corrected chi connectivity index (χ0v) is 14.7. The average molecular weight is 391 g/mol. The second-order valence-electron chi connectivity index (χ2n) is 5.44. The molecule has 2 heterocycles. The molecule has 1 unspecified atom stereocenters. The molecule has 3 N–H and O–H groups in total. The molecule has 25 heavy (non-hydrogen) atoms. The van der Waals surface area contributed by atoms with Gasteiger partial charge in [-0.05, 0) is 24.6 Å². The van der Waals surface area contributed by atoms with E-state index in [1.165, 1.54) is 30.6 Å². The summed E-state index contributed by atoms with van der Waals surface area (Å²) in [6, 6.07) is 5.11. The maximum absolute atomic E-state index is 13.8. The third-order valence-corrected chi connectivity index (χ3v) is 3.88. The van der Waals surface area contributed by atoms with Crippen molar-refractivity contribution < 1.29 is 13.6 Å². The Balaban J connectivity index is 0.00000156. The van der Waals surface area contributed by atoms with Crippen molar-refractivity contribution in [1.82, 2.24) is 10.3 Å². The number of para-hydroxylation sites is 1. The molecule has 1 atom stereocenters. The van der Waals surface area contributed by atoms with Crippen molar-refractivity contribution in [3.63, 3.8) is 0 Å². The number of amides is 1. The summed E-state index contributed by atoms with van der Waals surface area (Å²) in [5.74, 6) is -1.54. The van der Waals surface area contributed by atoms with Gasteiger partial charge in [-0.1, -0.05) is 6.07 Å². The Morgan fingerprint density at radius 3 is 2.56 bits per heavy atom. The van der Waals surface area contributed by atoms with E-state index >= 15 is 0 Å². The Bertz CT molecular complexity index is 728. The molecule has 1 amide bonds. The van der Waals surface area contributed by atoms with Crippen LogP contribution in [-0.4, -0.2) is 30.0 Å². The second-order valence-corrected chi connectivity index (χ2v) is 5.44. The lowest BCUT2D eigenvalue weighted by Crippen LogP contribution is -2.37. The van der Waals surface area contributed by atoms with Gasteiger partial charge in [0, 0.05) is 37.2 Å². The van der Waals surface area contributed by atoms with Gasteiger partial charge in [0.2, 0.25) is 0 Å². The van der Waals surface area contributed by atoms with Gasteiger partial charge in [0.1, 0.15) is 17.3 Å². The van der Waals surface area contributed by atoms with Crippen LogP contribution in [0.15, 0.2) is 36.7 Å². The number of nitrogen functional groups attached to an aromatic ring is 1.